The van der Waals surface area contributed by atoms with Crippen LogP contribution < -0.4 is 5.32 Å². The average Bonchev–Trinajstić information content (AvgIpc) is 3.03. The Hall–Kier alpha value is -1.49. The van der Waals surface area contributed by atoms with Crippen LogP contribution in [0.4, 0.5) is 0 Å². The molecule has 3 rings (SSSR count). The number of hydrogen-bond acceptors (Lipinski definition) is 3. The summed E-state index contributed by atoms with van der Waals surface area (Å²) in [4.78, 5) is 26.3. The summed E-state index contributed by atoms with van der Waals surface area (Å²) in [5.41, 5.74) is 1.28. The fraction of sp³-hybridized carbons (Fsp3) is 0.556. The number of fused-ring (bicyclic) bond motifs is 1. The molecule has 2 amide bonds. The highest BCUT2D eigenvalue weighted by molar-refractivity contribution is 8.01. The lowest BCUT2D eigenvalue weighted by atomic mass is 10.1. The quantitative estimate of drug-likeness (QED) is 0.901. The van der Waals surface area contributed by atoms with Crippen LogP contribution in [0.2, 0.25) is 0 Å². The van der Waals surface area contributed by atoms with Crippen molar-refractivity contribution in [3.63, 3.8) is 0 Å². The van der Waals surface area contributed by atoms with E-state index in [4.69, 9.17) is 0 Å². The van der Waals surface area contributed by atoms with Gasteiger partial charge in [-0.05, 0) is 38.7 Å². The Kier molecular flexibility index (Phi) is 4.67. The molecule has 23 heavy (non-hydrogen) atoms. The summed E-state index contributed by atoms with van der Waals surface area (Å²) in [7, 11) is 0. The van der Waals surface area contributed by atoms with Crippen molar-refractivity contribution in [2.24, 2.45) is 0 Å². The smallest absolute Gasteiger partial charge is 0.243 e. The van der Waals surface area contributed by atoms with Gasteiger partial charge in [0.25, 0.3) is 0 Å². The maximum Gasteiger partial charge on any atom is 0.243 e. The van der Waals surface area contributed by atoms with E-state index in [1.165, 1.54) is 5.56 Å². The van der Waals surface area contributed by atoms with Crippen LogP contribution in [-0.4, -0.2) is 39.4 Å². The number of aryl methyl sites for hydroxylation is 1. The number of amides is 2. The molecule has 3 atom stereocenters. The van der Waals surface area contributed by atoms with Crippen LogP contribution in [0.5, 0.6) is 0 Å². The van der Waals surface area contributed by atoms with Gasteiger partial charge in [-0.3, -0.25) is 9.59 Å². The molecule has 2 fully saturated rings. The van der Waals surface area contributed by atoms with Crippen molar-refractivity contribution in [2.75, 3.05) is 5.75 Å². The fourth-order valence-corrected chi connectivity index (χ4v) is 4.89. The lowest BCUT2D eigenvalue weighted by Gasteiger charge is -2.30. The first kappa shape index (κ1) is 16.4. The first-order valence-electron chi connectivity index (χ1n) is 8.30. The molecular weight excluding hydrogens is 308 g/mol. The van der Waals surface area contributed by atoms with Crippen LogP contribution in [0, 0.1) is 0 Å². The Labute approximate surface area is 142 Å². The standard InChI is InChI=1S/C18H24N2O2S/c1-13(8-9-14-6-4-3-5-7-14)19-17(22)15-12-23-18(2)11-10-16(21)20(15)18/h3-7,13,15H,8-12H2,1-2H3,(H,19,22). The van der Waals surface area contributed by atoms with Crippen molar-refractivity contribution >= 4 is 23.6 Å². The molecule has 2 saturated heterocycles. The minimum Gasteiger partial charge on any atom is -0.352 e. The van der Waals surface area contributed by atoms with Gasteiger partial charge in [-0.1, -0.05) is 30.3 Å². The molecule has 2 aliphatic rings. The van der Waals surface area contributed by atoms with Gasteiger partial charge in [-0.2, -0.15) is 0 Å². The number of rotatable bonds is 5. The fourth-order valence-electron chi connectivity index (χ4n) is 3.45. The van der Waals surface area contributed by atoms with E-state index in [1.54, 1.807) is 11.8 Å². The van der Waals surface area contributed by atoms with Crippen LogP contribution in [0.1, 0.15) is 38.7 Å². The molecule has 2 heterocycles. The third kappa shape index (κ3) is 3.39. The average molecular weight is 332 g/mol. The van der Waals surface area contributed by atoms with E-state index in [2.05, 4.69) is 24.4 Å². The second kappa shape index (κ2) is 6.56. The molecule has 1 N–H and O–H groups in total. The summed E-state index contributed by atoms with van der Waals surface area (Å²) in [5.74, 6) is 0.825. The van der Waals surface area contributed by atoms with Gasteiger partial charge in [-0.15, -0.1) is 11.8 Å². The van der Waals surface area contributed by atoms with E-state index in [0.717, 1.165) is 19.3 Å². The van der Waals surface area contributed by atoms with Crippen LogP contribution in [0.15, 0.2) is 30.3 Å². The molecule has 3 unspecified atom stereocenters. The van der Waals surface area contributed by atoms with Crippen molar-refractivity contribution in [1.82, 2.24) is 10.2 Å². The van der Waals surface area contributed by atoms with E-state index in [1.807, 2.05) is 30.0 Å². The molecule has 0 saturated carbocycles. The number of nitrogens with one attached hydrogen (secondary N) is 1. The highest BCUT2D eigenvalue weighted by atomic mass is 32.2. The molecule has 1 aromatic carbocycles. The van der Waals surface area contributed by atoms with E-state index >= 15 is 0 Å². The number of carbonyl (C=O) groups is 2. The minimum absolute atomic E-state index is 0.00274. The Bertz CT molecular complexity index is 592. The second-order valence-corrected chi connectivity index (χ2v) is 8.20. The van der Waals surface area contributed by atoms with Gasteiger partial charge < -0.3 is 10.2 Å². The number of hydrogen-bond donors (Lipinski definition) is 1. The Morgan fingerprint density at radius 3 is 2.91 bits per heavy atom. The Morgan fingerprint density at radius 1 is 1.43 bits per heavy atom. The normalized spacial score (nSPS) is 27.8. The monoisotopic (exact) mass is 332 g/mol. The van der Waals surface area contributed by atoms with Crippen molar-refractivity contribution < 1.29 is 9.59 Å². The van der Waals surface area contributed by atoms with Gasteiger partial charge in [0.2, 0.25) is 11.8 Å². The molecule has 5 heteroatoms. The largest absolute Gasteiger partial charge is 0.352 e. The van der Waals surface area contributed by atoms with Gasteiger partial charge in [0.15, 0.2) is 0 Å². The highest BCUT2D eigenvalue weighted by Crippen LogP contribution is 2.47. The minimum atomic E-state index is -0.306. The number of benzene rings is 1. The highest BCUT2D eigenvalue weighted by Gasteiger charge is 2.52. The number of carbonyl (C=O) groups excluding carboxylic acids is 2. The maximum absolute atomic E-state index is 12.6. The molecular formula is C18H24N2O2S. The lowest BCUT2D eigenvalue weighted by molar-refractivity contribution is -0.138. The predicted octanol–water partition coefficient (Wildman–Crippen LogP) is 2.58. The molecule has 0 aromatic heterocycles. The number of nitrogens with zero attached hydrogens (tertiary/aromatic N) is 1. The van der Waals surface area contributed by atoms with Gasteiger partial charge in [-0.25, -0.2) is 0 Å². The molecule has 0 spiro atoms. The van der Waals surface area contributed by atoms with E-state index in [-0.39, 0.29) is 28.8 Å². The van der Waals surface area contributed by atoms with Crippen LogP contribution in [-0.2, 0) is 16.0 Å². The van der Waals surface area contributed by atoms with Crippen LogP contribution in [0.25, 0.3) is 0 Å². The molecule has 0 bridgehead atoms. The van der Waals surface area contributed by atoms with Gasteiger partial charge in [0, 0.05) is 18.2 Å². The van der Waals surface area contributed by atoms with Crippen molar-refractivity contribution in [3.8, 4) is 0 Å². The zero-order valence-electron chi connectivity index (χ0n) is 13.7. The van der Waals surface area contributed by atoms with Crippen molar-refractivity contribution in [1.29, 1.82) is 0 Å². The SMILES string of the molecule is CC(CCc1ccccc1)NC(=O)C1CSC2(C)CCC(=O)N12. The van der Waals surface area contributed by atoms with E-state index in [9.17, 15) is 9.59 Å². The topological polar surface area (TPSA) is 49.4 Å². The summed E-state index contributed by atoms with van der Waals surface area (Å²) in [6.07, 6.45) is 3.27. The maximum atomic E-state index is 12.6. The first-order valence-corrected chi connectivity index (χ1v) is 9.28. The molecule has 0 aliphatic carbocycles. The van der Waals surface area contributed by atoms with Crippen LogP contribution in [0.3, 0.4) is 0 Å². The van der Waals surface area contributed by atoms with Crippen molar-refractivity contribution in [2.45, 2.75) is 56.5 Å². The van der Waals surface area contributed by atoms with E-state index < -0.39 is 0 Å². The summed E-state index contributed by atoms with van der Waals surface area (Å²) in [6.45, 7) is 4.11. The van der Waals surface area contributed by atoms with Gasteiger partial charge >= 0.3 is 0 Å². The number of thioether (sulfide) groups is 1. The predicted molar refractivity (Wildman–Crippen MR) is 93.1 cm³/mol. The van der Waals surface area contributed by atoms with Crippen molar-refractivity contribution in [3.05, 3.63) is 35.9 Å². The third-order valence-corrected chi connectivity index (χ3v) is 6.35. The second-order valence-electron chi connectivity index (χ2n) is 6.70. The molecule has 1 aromatic rings. The third-order valence-electron chi connectivity index (χ3n) is 4.85. The van der Waals surface area contributed by atoms with Gasteiger partial charge in [0.05, 0.1) is 4.87 Å². The van der Waals surface area contributed by atoms with Crippen LogP contribution >= 0.6 is 11.8 Å². The summed E-state index contributed by atoms with van der Waals surface area (Å²) < 4.78 is 0. The first-order chi connectivity index (χ1) is 11.0. The zero-order valence-corrected chi connectivity index (χ0v) is 14.6. The molecule has 4 nitrogen and oxygen atoms in total. The summed E-state index contributed by atoms with van der Waals surface area (Å²) >= 11 is 1.74. The lowest BCUT2D eigenvalue weighted by Crippen LogP contribution is -2.51. The van der Waals surface area contributed by atoms with Gasteiger partial charge in [0.1, 0.15) is 6.04 Å². The summed E-state index contributed by atoms with van der Waals surface area (Å²) in [5, 5.41) is 3.10. The molecule has 0 radical (unpaired) electrons. The summed E-state index contributed by atoms with van der Waals surface area (Å²) in [6, 6.07) is 10.1. The zero-order chi connectivity index (χ0) is 16.4. The molecule has 2 aliphatic heterocycles. The Balaban J connectivity index is 1.54. The Morgan fingerprint density at radius 2 is 2.17 bits per heavy atom. The molecule has 124 valence electrons. The van der Waals surface area contributed by atoms with E-state index in [0.29, 0.717) is 12.2 Å².